The van der Waals surface area contributed by atoms with Crippen LogP contribution in [-0.4, -0.2) is 35.8 Å². The van der Waals surface area contributed by atoms with Gasteiger partial charge >= 0.3 is 0 Å². The normalized spacial score (nSPS) is 17.5. The molecule has 0 N–H and O–H groups in total. The Bertz CT molecular complexity index is 807. The molecule has 0 saturated carbocycles. The largest absolute Gasteiger partial charge is 0.329 e. The van der Waals surface area contributed by atoms with Gasteiger partial charge in [0.1, 0.15) is 6.04 Å². The van der Waals surface area contributed by atoms with Gasteiger partial charge in [0, 0.05) is 30.2 Å². The number of hydrogen-bond donors (Lipinski definition) is 0. The second-order valence-corrected chi connectivity index (χ2v) is 7.11. The van der Waals surface area contributed by atoms with Crippen molar-refractivity contribution in [3.05, 3.63) is 64.7 Å². The molecule has 2 aromatic carbocycles. The molecule has 4 nitrogen and oxygen atoms in total. The quantitative estimate of drug-likeness (QED) is 0.820. The Morgan fingerprint density at radius 2 is 1.88 bits per heavy atom. The molecule has 0 aliphatic carbocycles. The van der Waals surface area contributed by atoms with Gasteiger partial charge in [0.2, 0.25) is 11.8 Å². The summed E-state index contributed by atoms with van der Waals surface area (Å²) in [5, 5.41) is 0.654. The maximum absolute atomic E-state index is 12.9. The second-order valence-electron chi connectivity index (χ2n) is 6.67. The smallest absolute Gasteiger partial charge is 0.249 e. The van der Waals surface area contributed by atoms with Crippen LogP contribution in [0, 0.1) is 6.92 Å². The lowest BCUT2D eigenvalue weighted by Crippen LogP contribution is -2.58. The lowest BCUT2D eigenvalue weighted by Gasteiger charge is -2.39. The van der Waals surface area contributed by atoms with Gasteiger partial charge in [-0.25, -0.2) is 0 Å². The van der Waals surface area contributed by atoms with E-state index in [4.69, 9.17) is 11.6 Å². The van der Waals surface area contributed by atoms with Gasteiger partial charge in [-0.1, -0.05) is 41.9 Å². The molecule has 26 heavy (non-hydrogen) atoms. The van der Waals surface area contributed by atoms with Gasteiger partial charge in [-0.3, -0.25) is 9.59 Å². The SMILES string of the molecule is Cc1cc(Cl)ccc1N1CCN(C(=O)CCc2ccccc2)[C@@H](C)C1=O. The number of carbonyl (C=O) groups is 2. The second kappa shape index (κ2) is 7.92. The number of piperazine rings is 1. The molecule has 1 fully saturated rings. The first-order valence-electron chi connectivity index (χ1n) is 8.88. The number of nitrogens with zero attached hydrogens (tertiary/aromatic N) is 2. The van der Waals surface area contributed by atoms with Crippen molar-refractivity contribution in [3.63, 3.8) is 0 Å². The molecule has 1 aliphatic heterocycles. The highest BCUT2D eigenvalue weighted by Gasteiger charge is 2.35. The Morgan fingerprint density at radius 3 is 2.58 bits per heavy atom. The van der Waals surface area contributed by atoms with Gasteiger partial charge < -0.3 is 9.80 Å². The molecule has 0 bridgehead atoms. The lowest BCUT2D eigenvalue weighted by atomic mass is 10.1. The Labute approximate surface area is 159 Å². The summed E-state index contributed by atoms with van der Waals surface area (Å²) in [5.41, 5.74) is 2.96. The van der Waals surface area contributed by atoms with Crippen LogP contribution in [0.2, 0.25) is 5.02 Å². The lowest BCUT2D eigenvalue weighted by molar-refractivity contribution is -0.140. The van der Waals surface area contributed by atoms with Gasteiger partial charge in [0.25, 0.3) is 0 Å². The summed E-state index contributed by atoms with van der Waals surface area (Å²) >= 11 is 6.01. The number of aryl methyl sites for hydroxylation is 2. The standard InChI is InChI=1S/C21H23ClN2O2/c1-15-14-18(22)9-10-19(15)24-13-12-23(16(2)21(24)26)20(25)11-8-17-6-4-3-5-7-17/h3-7,9-10,14,16H,8,11-13H2,1-2H3/t16-/m0/s1. The molecule has 1 aliphatic rings. The fourth-order valence-corrected chi connectivity index (χ4v) is 3.64. The summed E-state index contributed by atoms with van der Waals surface area (Å²) in [4.78, 5) is 28.9. The van der Waals surface area contributed by atoms with Crippen molar-refractivity contribution in [2.45, 2.75) is 32.7 Å². The van der Waals surface area contributed by atoms with Crippen LogP contribution in [0.3, 0.4) is 0 Å². The monoisotopic (exact) mass is 370 g/mol. The number of amides is 2. The van der Waals surface area contributed by atoms with Crippen LogP contribution < -0.4 is 4.90 Å². The van der Waals surface area contributed by atoms with E-state index in [0.29, 0.717) is 31.0 Å². The Hall–Kier alpha value is -2.33. The van der Waals surface area contributed by atoms with Crippen LogP contribution in [0.15, 0.2) is 48.5 Å². The highest BCUT2D eigenvalue weighted by molar-refractivity contribution is 6.30. The number of rotatable bonds is 4. The van der Waals surface area contributed by atoms with Gasteiger partial charge in [0.05, 0.1) is 0 Å². The zero-order valence-electron chi connectivity index (χ0n) is 15.1. The van der Waals surface area contributed by atoms with Crippen molar-refractivity contribution in [2.24, 2.45) is 0 Å². The molecular weight excluding hydrogens is 348 g/mol. The van der Waals surface area contributed by atoms with E-state index in [1.54, 1.807) is 22.8 Å². The third kappa shape index (κ3) is 3.91. The molecule has 136 valence electrons. The zero-order chi connectivity index (χ0) is 18.7. The van der Waals surface area contributed by atoms with Crippen LogP contribution in [0.25, 0.3) is 0 Å². The molecule has 1 heterocycles. The summed E-state index contributed by atoms with van der Waals surface area (Å²) in [6, 6.07) is 15.0. The van der Waals surface area contributed by atoms with Crippen LogP contribution in [0.4, 0.5) is 5.69 Å². The van der Waals surface area contributed by atoms with Crippen molar-refractivity contribution in [1.82, 2.24) is 4.90 Å². The fraction of sp³-hybridized carbons (Fsp3) is 0.333. The molecule has 2 amide bonds. The maximum atomic E-state index is 12.9. The van der Waals surface area contributed by atoms with E-state index in [2.05, 4.69) is 0 Å². The summed E-state index contributed by atoms with van der Waals surface area (Å²) in [6.07, 6.45) is 1.11. The summed E-state index contributed by atoms with van der Waals surface area (Å²) in [7, 11) is 0. The van der Waals surface area contributed by atoms with Crippen molar-refractivity contribution in [1.29, 1.82) is 0 Å². The van der Waals surface area contributed by atoms with Crippen molar-refractivity contribution in [3.8, 4) is 0 Å². The predicted octanol–water partition coefficient (Wildman–Crippen LogP) is 3.84. The topological polar surface area (TPSA) is 40.6 Å². The van der Waals surface area contributed by atoms with Crippen molar-refractivity contribution in [2.75, 3.05) is 18.0 Å². The van der Waals surface area contributed by atoms with Crippen molar-refractivity contribution < 1.29 is 9.59 Å². The highest BCUT2D eigenvalue weighted by Crippen LogP contribution is 2.27. The number of benzene rings is 2. The number of hydrogen-bond acceptors (Lipinski definition) is 2. The first kappa shape index (κ1) is 18.5. The van der Waals surface area contributed by atoms with Gasteiger partial charge in [-0.2, -0.15) is 0 Å². The predicted molar refractivity (Wildman–Crippen MR) is 104 cm³/mol. The highest BCUT2D eigenvalue weighted by atomic mass is 35.5. The molecule has 1 saturated heterocycles. The van der Waals surface area contributed by atoms with E-state index in [-0.39, 0.29) is 11.8 Å². The molecule has 0 unspecified atom stereocenters. The van der Waals surface area contributed by atoms with Crippen LogP contribution >= 0.6 is 11.6 Å². The third-order valence-electron chi connectivity index (χ3n) is 4.90. The first-order chi connectivity index (χ1) is 12.5. The zero-order valence-corrected chi connectivity index (χ0v) is 15.9. The van der Waals surface area contributed by atoms with E-state index in [1.165, 1.54) is 0 Å². The fourth-order valence-electron chi connectivity index (χ4n) is 3.41. The average Bonchev–Trinajstić information content (AvgIpc) is 2.63. The van der Waals surface area contributed by atoms with E-state index in [9.17, 15) is 9.59 Å². The molecule has 1 atom stereocenters. The number of carbonyl (C=O) groups excluding carboxylic acids is 2. The van der Waals surface area contributed by atoms with Crippen molar-refractivity contribution >= 4 is 29.1 Å². The van der Waals surface area contributed by atoms with Crippen LogP contribution in [0.5, 0.6) is 0 Å². The molecule has 3 rings (SSSR count). The van der Waals surface area contributed by atoms with Gasteiger partial charge in [-0.05, 0) is 49.6 Å². The first-order valence-corrected chi connectivity index (χ1v) is 9.26. The van der Waals surface area contributed by atoms with E-state index in [1.807, 2.05) is 49.4 Å². The number of anilines is 1. The van der Waals surface area contributed by atoms with Gasteiger partial charge in [-0.15, -0.1) is 0 Å². The molecule has 5 heteroatoms. The summed E-state index contributed by atoms with van der Waals surface area (Å²) < 4.78 is 0. The summed E-state index contributed by atoms with van der Waals surface area (Å²) in [6.45, 7) is 4.79. The summed E-state index contributed by atoms with van der Waals surface area (Å²) in [5.74, 6) is -0.0167. The Kier molecular flexibility index (Phi) is 5.62. The third-order valence-corrected chi connectivity index (χ3v) is 5.13. The Balaban J connectivity index is 1.66. The van der Waals surface area contributed by atoms with E-state index >= 15 is 0 Å². The molecule has 0 aromatic heterocycles. The van der Waals surface area contributed by atoms with Gasteiger partial charge in [0.15, 0.2) is 0 Å². The molecule has 0 radical (unpaired) electrons. The Morgan fingerprint density at radius 1 is 1.15 bits per heavy atom. The van der Waals surface area contributed by atoms with E-state index in [0.717, 1.165) is 16.8 Å². The number of halogens is 1. The van der Waals surface area contributed by atoms with Crippen LogP contribution in [-0.2, 0) is 16.0 Å². The van der Waals surface area contributed by atoms with E-state index < -0.39 is 6.04 Å². The molecule has 2 aromatic rings. The van der Waals surface area contributed by atoms with Crippen LogP contribution in [0.1, 0.15) is 24.5 Å². The molecule has 0 spiro atoms. The molecular formula is C21H23ClN2O2. The average molecular weight is 371 g/mol. The minimum atomic E-state index is -0.456. The minimum absolute atomic E-state index is 0.0298. The maximum Gasteiger partial charge on any atom is 0.249 e. The minimum Gasteiger partial charge on any atom is -0.329 e.